The topological polar surface area (TPSA) is 58.6 Å². The molecule has 2 rings (SSSR count). The lowest BCUT2D eigenvalue weighted by Gasteiger charge is -2.29. The number of hydrogen-bond donors (Lipinski definition) is 1. The summed E-state index contributed by atoms with van der Waals surface area (Å²) in [6.45, 7) is 10.5. The lowest BCUT2D eigenvalue weighted by atomic mass is 10.1. The molecule has 0 heterocycles. The van der Waals surface area contributed by atoms with Crippen molar-refractivity contribution in [1.82, 2.24) is 10.2 Å². The van der Waals surface area contributed by atoms with Crippen LogP contribution in [0.25, 0.3) is 0 Å². The van der Waals surface area contributed by atoms with Crippen molar-refractivity contribution in [2.75, 3.05) is 13.2 Å². The Morgan fingerprint density at radius 3 is 2.43 bits per heavy atom. The zero-order chi connectivity index (χ0) is 22.3. The molecule has 2 aromatic rings. The largest absolute Gasteiger partial charge is 0.484 e. The van der Waals surface area contributed by atoms with Crippen molar-refractivity contribution in [2.24, 2.45) is 5.92 Å². The third-order valence-corrected chi connectivity index (χ3v) is 5.17. The molecule has 0 aromatic heterocycles. The fourth-order valence-corrected chi connectivity index (χ4v) is 3.11. The first kappa shape index (κ1) is 23.7. The van der Waals surface area contributed by atoms with Gasteiger partial charge in [-0.2, -0.15) is 0 Å². The van der Waals surface area contributed by atoms with Crippen molar-refractivity contribution >= 4 is 23.4 Å². The molecule has 2 amide bonds. The van der Waals surface area contributed by atoms with Gasteiger partial charge in [-0.3, -0.25) is 9.59 Å². The molecule has 1 N–H and O–H groups in total. The third-order valence-electron chi connectivity index (χ3n) is 4.93. The van der Waals surface area contributed by atoms with Crippen LogP contribution in [0.3, 0.4) is 0 Å². The smallest absolute Gasteiger partial charge is 0.261 e. The maximum absolute atomic E-state index is 13.0. The Hall–Kier alpha value is -2.53. The molecule has 0 fully saturated rings. The highest BCUT2D eigenvalue weighted by Crippen LogP contribution is 2.18. The highest BCUT2D eigenvalue weighted by Gasteiger charge is 2.26. The second-order valence-corrected chi connectivity index (χ2v) is 8.44. The van der Waals surface area contributed by atoms with E-state index in [1.165, 1.54) is 4.90 Å². The Labute approximate surface area is 184 Å². The normalized spacial score (nSPS) is 11.8. The van der Waals surface area contributed by atoms with Crippen LogP contribution in [0.5, 0.6) is 5.75 Å². The number of nitrogens with zero attached hydrogens (tertiary/aromatic N) is 1. The summed E-state index contributed by atoms with van der Waals surface area (Å²) in [6.07, 6.45) is 0. The molecular formula is C24H31ClN2O3. The predicted molar refractivity (Wildman–Crippen MR) is 121 cm³/mol. The number of nitrogens with one attached hydrogen (secondary N) is 1. The predicted octanol–water partition coefficient (Wildman–Crippen LogP) is 4.53. The van der Waals surface area contributed by atoms with Gasteiger partial charge in [0.15, 0.2) is 6.61 Å². The molecule has 6 heteroatoms. The first-order valence-electron chi connectivity index (χ1n) is 10.2. The van der Waals surface area contributed by atoms with Crippen molar-refractivity contribution in [3.05, 3.63) is 64.2 Å². The van der Waals surface area contributed by atoms with Gasteiger partial charge in [0.25, 0.3) is 5.91 Å². The molecule has 0 spiro atoms. The van der Waals surface area contributed by atoms with E-state index >= 15 is 0 Å². The Morgan fingerprint density at radius 1 is 1.07 bits per heavy atom. The van der Waals surface area contributed by atoms with Crippen LogP contribution in [-0.4, -0.2) is 35.9 Å². The van der Waals surface area contributed by atoms with Gasteiger partial charge in [-0.05, 0) is 67.6 Å². The zero-order valence-corrected chi connectivity index (χ0v) is 19.1. The molecule has 0 saturated carbocycles. The van der Waals surface area contributed by atoms with E-state index in [9.17, 15) is 9.59 Å². The van der Waals surface area contributed by atoms with Gasteiger partial charge in [0.1, 0.15) is 11.8 Å². The molecular weight excluding hydrogens is 400 g/mol. The van der Waals surface area contributed by atoms with Gasteiger partial charge in [-0.15, -0.1) is 0 Å². The van der Waals surface area contributed by atoms with Crippen LogP contribution in [0.15, 0.2) is 42.5 Å². The van der Waals surface area contributed by atoms with Gasteiger partial charge in [-0.1, -0.05) is 43.6 Å². The van der Waals surface area contributed by atoms with Crippen LogP contribution in [-0.2, 0) is 16.1 Å². The monoisotopic (exact) mass is 430 g/mol. The highest BCUT2D eigenvalue weighted by molar-refractivity contribution is 6.30. The first-order chi connectivity index (χ1) is 14.2. The molecule has 1 atom stereocenters. The lowest BCUT2D eigenvalue weighted by Crippen LogP contribution is -2.49. The highest BCUT2D eigenvalue weighted by atomic mass is 35.5. The van der Waals surface area contributed by atoms with E-state index < -0.39 is 6.04 Å². The molecule has 5 nitrogen and oxygen atoms in total. The van der Waals surface area contributed by atoms with Crippen LogP contribution in [0.1, 0.15) is 37.5 Å². The standard InChI is InChI=1S/C24H31ClN2O3/c1-16(2)13-26-24(29)19(5)27(14-20-7-6-8-21(25)12-20)23(28)15-30-22-10-9-17(3)18(4)11-22/h6-12,16,19H,13-15H2,1-5H3,(H,26,29)/t19-/m0/s1. The molecule has 0 unspecified atom stereocenters. The van der Waals surface area contributed by atoms with Gasteiger partial charge in [0.05, 0.1) is 0 Å². The number of rotatable bonds is 9. The maximum atomic E-state index is 13.0. The number of amides is 2. The third kappa shape index (κ3) is 7.06. The number of ether oxygens (including phenoxy) is 1. The molecule has 30 heavy (non-hydrogen) atoms. The van der Waals surface area contributed by atoms with Crippen LogP contribution in [0.2, 0.25) is 5.02 Å². The average Bonchev–Trinajstić information content (AvgIpc) is 2.70. The fourth-order valence-electron chi connectivity index (χ4n) is 2.90. The fraction of sp³-hybridized carbons (Fsp3) is 0.417. The van der Waals surface area contributed by atoms with Crippen molar-refractivity contribution in [3.8, 4) is 5.75 Å². The van der Waals surface area contributed by atoms with E-state index in [4.69, 9.17) is 16.3 Å². The Bertz CT molecular complexity index is 883. The Kier molecular flexibility index (Phi) is 8.72. The number of aryl methyl sites for hydroxylation is 2. The summed E-state index contributed by atoms with van der Waals surface area (Å²) in [4.78, 5) is 27.2. The minimum atomic E-state index is -0.640. The van der Waals surface area contributed by atoms with Gasteiger partial charge in [0, 0.05) is 18.1 Å². The van der Waals surface area contributed by atoms with E-state index in [1.807, 2.05) is 58.0 Å². The molecule has 162 valence electrons. The molecule has 0 aliphatic carbocycles. The number of halogens is 1. The summed E-state index contributed by atoms with van der Waals surface area (Å²) in [5.74, 6) is 0.503. The van der Waals surface area contributed by atoms with Crippen molar-refractivity contribution in [2.45, 2.75) is 47.2 Å². The van der Waals surface area contributed by atoms with Gasteiger partial charge in [-0.25, -0.2) is 0 Å². The van der Waals surface area contributed by atoms with E-state index in [0.29, 0.717) is 23.2 Å². The van der Waals surface area contributed by atoms with Crippen molar-refractivity contribution in [3.63, 3.8) is 0 Å². The van der Waals surface area contributed by atoms with Crippen molar-refractivity contribution < 1.29 is 14.3 Å². The maximum Gasteiger partial charge on any atom is 0.261 e. The SMILES string of the molecule is Cc1ccc(OCC(=O)N(Cc2cccc(Cl)c2)[C@@H](C)C(=O)NCC(C)C)cc1C. The van der Waals surface area contributed by atoms with Gasteiger partial charge in [0.2, 0.25) is 5.91 Å². The lowest BCUT2D eigenvalue weighted by molar-refractivity contribution is -0.142. The molecule has 0 saturated heterocycles. The van der Waals surface area contributed by atoms with Crippen LogP contribution in [0, 0.1) is 19.8 Å². The van der Waals surface area contributed by atoms with Crippen LogP contribution >= 0.6 is 11.6 Å². The number of hydrogen-bond acceptors (Lipinski definition) is 3. The summed E-state index contributed by atoms with van der Waals surface area (Å²) >= 11 is 6.10. The number of carbonyl (C=O) groups excluding carboxylic acids is 2. The molecule has 0 radical (unpaired) electrons. The van der Waals surface area contributed by atoms with Crippen LogP contribution in [0.4, 0.5) is 0 Å². The van der Waals surface area contributed by atoms with E-state index in [0.717, 1.165) is 16.7 Å². The summed E-state index contributed by atoms with van der Waals surface area (Å²) in [6, 6.07) is 12.4. The van der Waals surface area contributed by atoms with E-state index in [2.05, 4.69) is 5.32 Å². The van der Waals surface area contributed by atoms with Gasteiger partial charge >= 0.3 is 0 Å². The quantitative estimate of drug-likeness (QED) is 0.636. The molecule has 0 aliphatic heterocycles. The molecule has 2 aromatic carbocycles. The summed E-state index contributed by atoms with van der Waals surface area (Å²) in [5, 5.41) is 3.49. The second kappa shape index (κ2) is 11.0. The van der Waals surface area contributed by atoms with Gasteiger partial charge < -0.3 is 15.0 Å². The zero-order valence-electron chi connectivity index (χ0n) is 18.4. The Balaban J connectivity index is 2.14. The second-order valence-electron chi connectivity index (χ2n) is 8.00. The van der Waals surface area contributed by atoms with Crippen molar-refractivity contribution in [1.29, 1.82) is 0 Å². The average molecular weight is 431 g/mol. The van der Waals surface area contributed by atoms with E-state index in [-0.39, 0.29) is 25.0 Å². The molecule has 0 bridgehead atoms. The first-order valence-corrected chi connectivity index (χ1v) is 10.6. The number of benzene rings is 2. The molecule has 0 aliphatic rings. The van der Waals surface area contributed by atoms with Crippen LogP contribution < -0.4 is 10.1 Å². The Morgan fingerprint density at radius 2 is 1.80 bits per heavy atom. The minimum absolute atomic E-state index is 0.148. The number of carbonyl (C=O) groups is 2. The van der Waals surface area contributed by atoms with E-state index in [1.54, 1.807) is 19.1 Å². The minimum Gasteiger partial charge on any atom is -0.484 e. The summed E-state index contributed by atoms with van der Waals surface area (Å²) < 4.78 is 5.73. The summed E-state index contributed by atoms with van der Waals surface area (Å²) in [7, 11) is 0. The summed E-state index contributed by atoms with van der Waals surface area (Å²) in [5.41, 5.74) is 3.11.